The van der Waals surface area contributed by atoms with Gasteiger partial charge in [0.25, 0.3) is 0 Å². The molecule has 114 valence electrons. The summed E-state index contributed by atoms with van der Waals surface area (Å²) in [7, 11) is 0. The van der Waals surface area contributed by atoms with Gasteiger partial charge in [0.1, 0.15) is 6.61 Å². The zero-order valence-corrected chi connectivity index (χ0v) is 10.1. The number of halogens is 6. The van der Waals surface area contributed by atoms with Crippen LogP contribution >= 0.6 is 0 Å². The number of nitrogens with two attached hydrogens (primary N) is 1. The smallest absolute Gasteiger partial charge is 0.330 e. The van der Waals surface area contributed by atoms with Crippen molar-refractivity contribution in [2.24, 2.45) is 5.84 Å². The molecule has 1 aromatic carbocycles. The summed E-state index contributed by atoms with van der Waals surface area (Å²) in [5.74, 6) is -1.62. The third-order valence-corrected chi connectivity index (χ3v) is 2.46. The minimum Gasteiger partial charge on any atom is -0.373 e. The molecule has 0 saturated carbocycles. The highest BCUT2D eigenvalue weighted by atomic mass is 19.3. The minimum atomic E-state index is -4.32. The molecule has 0 fully saturated rings. The maximum absolute atomic E-state index is 13.4. The van der Waals surface area contributed by atoms with Crippen molar-refractivity contribution in [2.75, 3.05) is 13.2 Å². The molecule has 0 saturated heterocycles. The summed E-state index contributed by atoms with van der Waals surface area (Å²) in [6.07, 6.45) is -3.88. The average Bonchev–Trinajstić information content (AvgIpc) is 2.38. The van der Waals surface area contributed by atoms with Gasteiger partial charge in [-0.1, -0.05) is 12.1 Å². The Bertz CT molecular complexity index is 443. The van der Waals surface area contributed by atoms with Crippen molar-refractivity contribution in [3.63, 3.8) is 0 Å². The molecule has 1 aromatic rings. The predicted molar refractivity (Wildman–Crippen MR) is 58.2 cm³/mol. The molecule has 0 spiro atoms. The summed E-state index contributed by atoms with van der Waals surface area (Å²) >= 11 is 0. The van der Waals surface area contributed by atoms with E-state index in [1.165, 1.54) is 6.07 Å². The van der Waals surface area contributed by atoms with Gasteiger partial charge in [0.15, 0.2) is 11.6 Å². The highest BCUT2D eigenvalue weighted by Crippen LogP contribution is 2.24. The lowest BCUT2D eigenvalue weighted by Gasteiger charge is -2.20. The lowest BCUT2D eigenvalue weighted by atomic mass is 10.1. The molecular weight excluding hydrogens is 290 g/mol. The van der Waals surface area contributed by atoms with Crippen LogP contribution in [-0.4, -0.2) is 25.6 Å². The first-order valence-electron chi connectivity index (χ1n) is 5.43. The molecule has 0 amide bonds. The molecule has 0 heterocycles. The van der Waals surface area contributed by atoms with Gasteiger partial charge in [0.05, 0.1) is 12.6 Å². The molecule has 0 aromatic heterocycles. The van der Waals surface area contributed by atoms with Crippen molar-refractivity contribution in [3.05, 3.63) is 35.4 Å². The summed E-state index contributed by atoms with van der Waals surface area (Å²) in [4.78, 5) is 0. The Hall–Kier alpha value is -1.32. The van der Waals surface area contributed by atoms with Gasteiger partial charge in [-0.2, -0.15) is 8.78 Å². The molecule has 3 N–H and O–H groups in total. The molecular formula is C11H12F6N2O. The zero-order valence-electron chi connectivity index (χ0n) is 10.1. The largest absolute Gasteiger partial charge is 0.373 e. The Balaban J connectivity index is 2.67. The first kappa shape index (κ1) is 16.7. The van der Waals surface area contributed by atoms with Gasteiger partial charge in [-0.05, 0) is 6.07 Å². The van der Waals surface area contributed by atoms with Crippen LogP contribution in [0.1, 0.15) is 11.6 Å². The highest BCUT2D eigenvalue weighted by Gasteiger charge is 2.41. The fourth-order valence-corrected chi connectivity index (χ4v) is 1.39. The third kappa shape index (κ3) is 4.09. The fraction of sp³-hybridized carbons (Fsp3) is 0.455. The van der Waals surface area contributed by atoms with E-state index < -0.39 is 43.2 Å². The molecule has 0 aliphatic carbocycles. The maximum atomic E-state index is 13.4. The van der Waals surface area contributed by atoms with Crippen molar-refractivity contribution < 1.29 is 31.1 Å². The van der Waals surface area contributed by atoms with Crippen LogP contribution < -0.4 is 11.3 Å². The molecule has 1 atom stereocenters. The average molecular weight is 302 g/mol. The van der Waals surface area contributed by atoms with Gasteiger partial charge in [-0.3, -0.25) is 11.3 Å². The van der Waals surface area contributed by atoms with Crippen LogP contribution in [0.25, 0.3) is 0 Å². The van der Waals surface area contributed by atoms with Crippen molar-refractivity contribution in [2.45, 2.75) is 18.4 Å². The standard InChI is InChI=1S/C11H12F6N2O/c12-7-3-1-2-6(9(7)13)8(19-18)4-20-5-11(16,17)10(14)15/h1-3,8,10,19H,4-5,18H2. The Morgan fingerprint density at radius 1 is 1.25 bits per heavy atom. The van der Waals surface area contributed by atoms with Crippen LogP contribution in [0.3, 0.4) is 0 Å². The van der Waals surface area contributed by atoms with E-state index in [-0.39, 0.29) is 5.56 Å². The highest BCUT2D eigenvalue weighted by molar-refractivity contribution is 5.22. The Labute approximate surface area is 110 Å². The van der Waals surface area contributed by atoms with E-state index in [9.17, 15) is 26.3 Å². The van der Waals surface area contributed by atoms with E-state index in [1.807, 2.05) is 5.43 Å². The van der Waals surface area contributed by atoms with E-state index in [4.69, 9.17) is 5.84 Å². The molecule has 0 aliphatic rings. The Kier molecular flexibility index (Phi) is 5.78. The minimum absolute atomic E-state index is 0.257. The zero-order chi connectivity index (χ0) is 15.3. The van der Waals surface area contributed by atoms with E-state index in [0.29, 0.717) is 0 Å². The maximum Gasteiger partial charge on any atom is 0.330 e. The van der Waals surface area contributed by atoms with Gasteiger partial charge in [0, 0.05) is 5.56 Å². The van der Waals surface area contributed by atoms with Crippen LogP contribution in [0.15, 0.2) is 18.2 Å². The van der Waals surface area contributed by atoms with Crippen molar-refractivity contribution in [3.8, 4) is 0 Å². The molecule has 1 rings (SSSR count). The fourth-order valence-electron chi connectivity index (χ4n) is 1.39. The summed E-state index contributed by atoms with van der Waals surface area (Å²) in [5.41, 5.74) is 1.78. The normalized spacial score (nSPS) is 13.8. The second kappa shape index (κ2) is 6.91. The molecule has 1 unspecified atom stereocenters. The van der Waals surface area contributed by atoms with E-state index >= 15 is 0 Å². The number of benzene rings is 1. The van der Waals surface area contributed by atoms with Gasteiger partial charge in [0.2, 0.25) is 0 Å². The quantitative estimate of drug-likeness (QED) is 0.462. The van der Waals surface area contributed by atoms with Crippen molar-refractivity contribution in [1.82, 2.24) is 5.43 Å². The van der Waals surface area contributed by atoms with E-state index in [1.54, 1.807) is 0 Å². The Morgan fingerprint density at radius 2 is 1.90 bits per heavy atom. The van der Waals surface area contributed by atoms with Crippen LogP contribution in [0.5, 0.6) is 0 Å². The van der Waals surface area contributed by atoms with E-state index in [2.05, 4.69) is 4.74 Å². The number of alkyl halides is 4. The van der Waals surface area contributed by atoms with Gasteiger partial charge < -0.3 is 4.74 Å². The third-order valence-electron chi connectivity index (χ3n) is 2.46. The summed E-state index contributed by atoms with van der Waals surface area (Å²) in [5, 5.41) is 0. The predicted octanol–water partition coefficient (Wildman–Crippen LogP) is 2.39. The van der Waals surface area contributed by atoms with Crippen molar-refractivity contribution in [1.29, 1.82) is 0 Å². The van der Waals surface area contributed by atoms with Crippen LogP contribution in [0.4, 0.5) is 26.3 Å². The second-order valence-electron chi connectivity index (χ2n) is 3.94. The lowest BCUT2D eigenvalue weighted by molar-refractivity contribution is -0.167. The number of nitrogens with one attached hydrogen (secondary N) is 1. The number of ether oxygens (including phenoxy) is 1. The van der Waals surface area contributed by atoms with Crippen LogP contribution in [0.2, 0.25) is 0 Å². The first-order chi connectivity index (χ1) is 9.29. The summed E-state index contributed by atoms with van der Waals surface area (Å²) < 4.78 is 79.8. The molecule has 3 nitrogen and oxygen atoms in total. The number of hydrogen-bond donors (Lipinski definition) is 2. The van der Waals surface area contributed by atoms with Crippen molar-refractivity contribution >= 4 is 0 Å². The molecule has 0 aliphatic heterocycles. The molecule has 9 heteroatoms. The number of rotatable bonds is 7. The number of hydrazine groups is 1. The molecule has 0 radical (unpaired) electrons. The van der Waals surface area contributed by atoms with Crippen LogP contribution in [0, 0.1) is 11.6 Å². The Morgan fingerprint density at radius 3 is 2.45 bits per heavy atom. The summed E-state index contributed by atoms with van der Waals surface area (Å²) in [6.45, 7) is -2.18. The van der Waals surface area contributed by atoms with Crippen LogP contribution in [-0.2, 0) is 4.74 Å². The molecule has 20 heavy (non-hydrogen) atoms. The molecule has 0 bridgehead atoms. The summed E-state index contributed by atoms with van der Waals surface area (Å²) in [6, 6.07) is 2.06. The van der Waals surface area contributed by atoms with Gasteiger partial charge in [-0.15, -0.1) is 0 Å². The number of hydrogen-bond acceptors (Lipinski definition) is 3. The SMILES string of the molecule is NNC(COCC(F)(F)C(F)F)c1cccc(F)c1F. The second-order valence-corrected chi connectivity index (χ2v) is 3.94. The monoisotopic (exact) mass is 302 g/mol. The lowest BCUT2D eigenvalue weighted by Crippen LogP contribution is -2.36. The topological polar surface area (TPSA) is 47.3 Å². The van der Waals surface area contributed by atoms with E-state index in [0.717, 1.165) is 12.1 Å². The van der Waals surface area contributed by atoms with Gasteiger partial charge >= 0.3 is 12.3 Å². The van der Waals surface area contributed by atoms with Gasteiger partial charge in [-0.25, -0.2) is 17.6 Å². The first-order valence-corrected chi connectivity index (χ1v) is 5.43.